The molecule has 0 aliphatic heterocycles. The van der Waals surface area contributed by atoms with E-state index in [1.807, 2.05) is 0 Å². The lowest BCUT2D eigenvalue weighted by Gasteiger charge is -2.17. The summed E-state index contributed by atoms with van der Waals surface area (Å²) in [5, 5.41) is 13.5. The Hall–Kier alpha value is -1.22. The number of esters is 2. The summed E-state index contributed by atoms with van der Waals surface area (Å²) in [7, 11) is 0. The van der Waals surface area contributed by atoms with E-state index in [2.05, 4.69) is 62.8 Å². The van der Waals surface area contributed by atoms with Crippen molar-refractivity contribution in [1.82, 2.24) is 21.3 Å². The van der Waals surface area contributed by atoms with Gasteiger partial charge in [-0.1, -0.05) is 41.5 Å². The standard InChI is InChI=1S/C25H52N4O4/c1-24(2,3)20-32-22(30)10-7-8-12-26-14-16-28-18-19-29-17-15-27-13-9-11-23(31)33-21-25(4,5)6/h26-29H,7-21H2,1-6H3. The predicted molar refractivity (Wildman–Crippen MR) is 135 cm³/mol. The summed E-state index contributed by atoms with van der Waals surface area (Å²) in [6.45, 7) is 20.6. The van der Waals surface area contributed by atoms with Crippen molar-refractivity contribution >= 4 is 11.9 Å². The average molecular weight is 473 g/mol. The molecule has 33 heavy (non-hydrogen) atoms. The maximum absolute atomic E-state index is 11.6. The fraction of sp³-hybridized carbons (Fsp3) is 0.920. The molecule has 0 aliphatic carbocycles. The summed E-state index contributed by atoms with van der Waals surface area (Å²) < 4.78 is 10.5. The molecule has 4 N–H and O–H groups in total. The zero-order chi connectivity index (χ0) is 25.0. The van der Waals surface area contributed by atoms with Gasteiger partial charge in [-0.15, -0.1) is 0 Å². The molecule has 0 saturated carbocycles. The number of carbonyl (C=O) groups is 2. The van der Waals surface area contributed by atoms with Gasteiger partial charge in [0.25, 0.3) is 0 Å². The molecule has 0 aliphatic rings. The van der Waals surface area contributed by atoms with Gasteiger partial charge in [-0.3, -0.25) is 9.59 Å². The van der Waals surface area contributed by atoms with Gasteiger partial charge in [0, 0.05) is 52.1 Å². The summed E-state index contributed by atoms with van der Waals surface area (Å²) in [5.74, 6) is -0.202. The van der Waals surface area contributed by atoms with Gasteiger partial charge in [0.1, 0.15) is 0 Å². The number of ether oxygens (including phenoxy) is 2. The maximum Gasteiger partial charge on any atom is 0.305 e. The van der Waals surface area contributed by atoms with Crippen LogP contribution in [0.15, 0.2) is 0 Å². The molecular formula is C25H52N4O4. The summed E-state index contributed by atoms with van der Waals surface area (Å²) in [6.07, 6.45) is 3.62. The molecule has 8 nitrogen and oxygen atoms in total. The van der Waals surface area contributed by atoms with Crippen molar-refractivity contribution in [2.24, 2.45) is 10.8 Å². The highest BCUT2D eigenvalue weighted by molar-refractivity contribution is 5.69. The van der Waals surface area contributed by atoms with Crippen LogP contribution in [0.25, 0.3) is 0 Å². The van der Waals surface area contributed by atoms with Crippen molar-refractivity contribution in [3.8, 4) is 0 Å². The Labute approximate surface area is 202 Å². The van der Waals surface area contributed by atoms with Gasteiger partial charge in [0.15, 0.2) is 0 Å². The molecule has 8 heteroatoms. The van der Waals surface area contributed by atoms with Crippen LogP contribution in [0, 0.1) is 10.8 Å². The molecule has 0 unspecified atom stereocenters. The molecule has 0 aromatic carbocycles. The lowest BCUT2D eigenvalue weighted by molar-refractivity contribution is -0.147. The second-order valence-corrected chi connectivity index (χ2v) is 11.0. The molecule has 0 heterocycles. The van der Waals surface area contributed by atoms with Crippen LogP contribution in [0.3, 0.4) is 0 Å². The first-order chi connectivity index (χ1) is 15.5. The molecule has 196 valence electrons. The van der Waals surface area contributed by atoms with E-state index in [-0.39, 0.29) is 22.8 Å². The minimum absolute atomic E-state index is 0.0231. The summed E-state index contributed by atoms with van der Waals surface area (Å²) in [5.41, 5.74) is 0.0517. The second kappa shape index (κ2) is 19.1. The molecule has 0 spiro atoms. The van der Waals surface area contributed by atoms with Crippen molar-refractivity contribution < 1.29 is 19.1 Å². The fourth-order valence-electron chi connectivity index (χ4n) is 2.65. The van der Waals surface area contributed by atoms with E-state index in [9.17, 15) is 9.59 Å². The Morgan fingerprint density at radius 1 is 0.515 bits per heavy atom. The van der Waals surface area contributed by atoms with Crippen LogP contribution in [0.1, 0.15) is 73.6 Å². The third-order valence-electron chi connectivity index (χ3n) is 4.49. The highest BCUT2D eigenvalue weighted by Crippen LogP contribution is 2.14. The molecule has 0 aromatic rings. The maximum atomic E-state index is 11.6. The highest BCUT2D eigenvalue weighted by Gasteiger charge is 2.14. The smallest absolute Gasteiger partial charge is 0.305 e. The molecule has 0 aromatic heterocycles. The zero-order valence-corrected chi connectivity index (χ0v) is 22.2. The minimum Gasteiger partial charge on any atom is -0.465 e. The molecule has 0 saturated heterocycles. The third kappa shape index (κ3) is 26.9. The van der Waals surface area contributed by atoms with Gasteiger partial charge >= 0.3 is 11.9 Å². The van der Waals surface area contributed by atoms with E-state index in [0.29, 0.717) is 26.1 Å². The number of carbonyl (C=O) groups excluding carboxylic acids is 2. The zero-order valence-electron chi connectivity index (χ0n) is 22.2. The number of nitrogens with one attached hydrogen (secondary N) is 4. The molecule has 0 rings (SSSR count). The van der Waals surface area contributed by atoms with Gasteiger partial charge in [0.2, 0.25) is 0 Å². The van der Waals surface area contributed by atoms with Crippen molar-refractivity contribution in [3.63, 3.8) is 0 Å². The monoisotopic (exact) mass is 472 g/mol. The Morgan fingerprint density at radius 2 is 0.848 bits per heavy atom. The van der Waals surface area contributed by atoms with Crippen LogP contribution in [-0.2, 0) is 19.1 Å². The van der Waals surface area contributed by atoms with Crippen LogP contribution in [0.2, 0.25) is 0 Å². The Morgan fingerprint density at radius 3 is 1.24 bits per heavy atom. The fourth-order valence-corrected chi connectivity index (χ4v) is 2.65. The normalized spacial score (nSPS) is 12.1. The third-order valence-corrected chi connectivity index (χ3v) is 4.49. The molecule has 0 atom stereocenters. The van der Waals surface area contributed by atoms with Crippen LogP contribution in [-0.4, -0.2) is 77.5 Å². The Bertz CT molecular complexity index is 458. The SMILES string of the molecule is CC(C)(C)COC(=O)CCCCNCCNCCNCCNCCCC(=O)OCC(C)(C)C. The predicted octanol–water partition coefficient (Wildman–Crippen LogP) is 2.47. The lowest BCUT2D eigenvalue weighted by Crippen LogP contribution is -2.35. The first-order valence-corrected chi connectivity index (χ1v) is 12.6. The van der Waals surface area contributed by atoms with E-state index in [0.717, 1.165) is 71.6 Å². The van der Waals surface area contributed by atoms with E-state index in [1.54, 1.807) is 0 Å². The molecule has 0 radical (unpaired) electrons. The summed E-state index contributed by atoms with van der Waals surface area (Å²) >= 11 is 0. The van der Waals surface area contributed by atoms with Crippen molar-refractivity contribution in [2.45, 2.75) is 73.6 Å². The molecular weight excluding hydrogens is 420 g/mol. The van der Waals surface area contributed by atoms with Crippen molar-refractivity contribution in [1.29, 1.82) is 0 Å². The average Bonchev–Trinajstić information content (AvgIpc) is 2.72. The minimum atomic E-state index is -0.110. The van der Waals surface area contributed by atoms with Crippen LogP contribution in [0.5, 0.6) is 0 Å². The summed E-state index contributed by atoms with van der Waals surface area (Å²) in [4.78, 5) is 23.3. The molecule has 0 bridgehead atoms. The van der Waals surface area contributed by atoms with Crippen LogP contribution in [0.4, 0.5) is 0 Å². The van der Waals surface area contributed by atoms with Gasteiger partial charge < -0.3 is 30.7 Å². The van der Waals surface area contributed by atoms with E-state index >= 15 is 0 Å². The molecule has 0 amide bonds. The van der Waals surface area contributed by atoms with Gasteiger partial charge in [-0.05, 0) is 43.2 Å². The molecule has 0 fully saturated rings. The lowest BCUT2D eigenvalue weighted by atomic mass is 9.99. The largest absolute Gasteiger partial charge is 0.465 e. The van der Waals surface area contributed by atoms with Gasteiger partial charge in [-0.2, -0.15) is 0 Å². The van der Waals surface area contributed by atoms with Crippen molar-refractivity contribution in [2.75, 3.05) is 65.6 Å². The Kier molecular flexibility index (Phi) is 18.4. The van der Waals surface area contributed by atoms with E-state index in [4.69, 9.17) is 9.47 Å². The first kappa shape index (κ1) is 31.8. The number of unbranched alkanes of at least 4 members (excludes halogenated alkanes) is 1. The highest BCUT2D eigenvalue weighted by atomic mass is 16.5. The summed E-state index contributed by atoms with van der Waals surface area (Å²) in [6, 6.07) is 0. The van der Waals surface area contributed by atoms with E-state index in [1.165, 1.54) is 0 Å². The Balaban J connectivity index is 3.24. The topological polar surface area (TPSA) is 101 Å². The number of hydrogen-bond acceptors (Lipinski definition) is 8. The first-order valence-electron chi connectivity index (χ1n) is 12.6. The van der Waals surface area contributed by atoms with Gasteiger partial charge in [0.05, 0.1) is 13.2 Å². The van der Waals surface area contributed by atoms with Crippen LogP contribution >= 0.6 is 0 Å². The van der Waals surface area contributed by atoms with E-state index < -0.39 is 0 Å². The number of hydrogen-bond donors (Lipinski definition) is 4. The van der Waals surface area contributed by atoms with Crippen molar-refractivity contribution in [3.05, 3.63) is 0 Å². The van der Waals surface area contributed by atoms with Gasteiger partial charge in [-0.25, -0.2) is 0 Å². The quantitative estimate of drug-likeness (QED) is 0.158. The number of rotatable bonds is 20. The second-order valence-electron chi connectivity index (χ2n) is 11.0. The van der Waals surface area contributed by atoms with Crippen LogP contribution < -0.4 is 21.3 Å².